The van der Waals surface area contributed by atoms with E-state index >= 15 is 0 Å². The second-order valence-electron chi connectivity index (χ2n) is 8.14. The SMILES string of the molecule is O=C(O)C(F)(F)F.O=C(c1ccccn1)N1CCC2(CC1)COCCN2Cc1ccc(F)cc1. The van der Waals surface area contributed by atoms with E-state index in [-0.39, 0.29) is 17.3 Å². The zero-order chi connectivity index (χ0) is 24.8. The number of carboxylic acids is 1. The van der Waals surface area contributed by atoms with Gasteiger partial charge < -0.3 is 14.7 Å². The van der Waals surface area contributed by atoms with Gasteiger partial charge in [0, 0.05) is 37.9 Å². The number of carbonyl (C=O) groups excluding carboxylic acids is 1. The first-order valence-corrected chi connectivity index (χ1v) is 10.7. The Kier molecular flexibility index (Phi) is 8.21. The molecule has 3 heterocycles. The number of aliphatic carboxylic acids is 1. The first kappa shape index (κ1) is 25.6. The third-order valence-electron chi connectivity index (χ3n) is 5.94. The number of amides is 1. The summed E-state index contributed by atoms with van der Waals surface area (Å²) in [5.41, 5.74) is 1.54. The largest absolute Gasteiger partial charge is 0.490 e. The van der Waals surface area contributed by atoms with Gasteiger partial charge in [-0.1, -0.05) is 18.2 Å². The monoisotopic (exact) mass is 483 g/mol. The van der Waals surface area contributed by atoms with E-state index < -0.39 is 12.1 Å². The molecule has 2 aromatic rings. The van der Waals surface area contributed by atoms with Crippen molar-refractivity contribution in [1.29, 1.82) is 0 Å². The number of aromatic nitrogens is 1. The number of alkyl halides is 3. The summed E-state index contributed by atoms with van der Waals surface area (Å²) in [6, 6.07) is 12.1. The zero-order valence-corrected chi connectivity index (χ0v) is 18.3. The third-order valence-corrected chi connectivity index (χ3v) is 5.94. The Balaban J connectivity index is 0.000000406. The molecule has 11 heteroatoms. The van der Waals surface area contributed by atoms with Gasteiger partial charge in [0.25, 0.3) is 5.91 Å². The number of piperidine rings is 1. The van der Waals surface area contributed by atoms with Crippen molar-refractivity contribution in [2.75, 3.05) is 32.8 Å². The quantitative estimate of drug-likeness (QED) is 0.675. The van der Waals surface area contributed by atoms with Crippen LogP contribution in [0.5, 0.6) is 0 Å². The van der Waals surface area contributed by atoms with E-state index in [1.807, 2.05) is 29.2 Å². The number of carbonyl (C=O) groups is 2. The van der Waals surface area contributed by atoms with Gasteiger partial charge in [-0.2, -0.15) is 13.2 Å². The molecule has 1 N–H and O–H groups in total. The average molecular weight is 483 g/mol. The van der Waals surface area contributed by atoms with Crippen LogP contribution in [0, 0.1) is 5.82 Å². The van der Waals surface area contributed by atoms with E-state index in [1.165, 1.54) is 12.1 Å². The number of likely N-dealkylation sites (tertiary alicyclic amines) is 1. The third kappa shape index (κ3) is 6.51. The summed E-state index contributed by atoms with van der Waals surface area (Å²) in [5, 5.41) is 7.12. The lowest BCUT2D eigenvalue weighted by molar-refractivity contribution is -0.192. The van der Waals surface area contributed by atoms with Crippen molar-refractivity contribution in [3.05, 3.63) is 65.7 Å². The number of halogens is 4. The molecule has 0 aliphatic carbocycles. The van der Waals surface area contributed by atoms with Crippen molar-refractivity contribution in [2.45, 2.75) is 31.1 Å². The van der Waals surface area contributed by atoms with Gasteiger partial charge in [-0.05, 0) is 42.7 Å². The molecule has 0 unspecified atom stereocenters. The van der Waals surface area contributed by atoms with Crippen LogP contribution in [-0.4, -0.2) is 76.3 Å². The number of ether oxygens (including phenoxy) is 1. The molecule has 2 aliphatic heterocycles. The summed E-state index contributed by atoms with van der Waals surface area (Å²) >= 11 is 0. The van der Waals surface area contributed by atoms with Crippen LogP contribution in [0.2, 0.25) is 0 Å². The summed E-state index contributed by atoms with van der Waals surface area (Å²) < 4.78 is 50.7. The van der Waals surface area contributed by atoms with Crippen LogP contribution in [0.3, 0.4) is 0 Å². The molecule has 34 heavy (non-hydrogen) atoms. The summed E-state index contributed by atoms with van der Waals surface area (Å²) in [5.74, 6) is -2.98. The molecule has 0 saturated carbocycles. The van der Waals surface area contributed by atoms with Crippen molar-refractivity contribution in [3.63, 3.8) is 0 Å². The first-order chi connectivity index (χ1) is 16.1. The minimum absolute atomic E-state index is 0.00716. The van der Waals surface area contributed by atoms with Gasteiger partial charge in [-0.25, -0.2) is 9.18 Å². The second-order valence-corrected chi connectivity index (χ2v) is 8.14. The molecule has 2 aliphatic rings. The molecule has 2 fully saturated rings. The van der Waals surface area contributed by atoms with Gasteiger partial charge in [0.1, 0.15) is 11.5 Å². The van der Waals surface area contributed by atoms with E-state index in [1.54, 1.807) is 12.3 Å². The average Bonchev–Trinajstić information content (AvgIpc) is 2.82. The van der Waals surface area contributed by atoms with Gasteiger partial charge >= 0.3 is 12.1 Å². The highest BCUT2D eigenvalue weighted by Gasteiger charge is 2.43. The Morgan fingerprint density at radius 1 is 1.06 bits per heavy atom. The predicted octanol–water partition coefficient (Wildman–Crippen LogP) is 3.36. The molecular weight excluding hydrogens is 458 g/mol. The number of nitrogens with zero attached hydrogens (tertiary/aromatic N) is 3. The van der Waals surface area contributed by atoms with Crippen LogP contribution in [-0.2, 0) is 16.1 Å². The predicted molar refractivity (Wildman–Crippen MR) is 113 cm³/mol. The molecule has 184 valence electrons. The van der Waals surface area contributed by atoms with Crippen LogP contribution in [0.1, 0.15) is 28.9 Å². The number of pyridine rings is 1. The van der Waals surface area contributed by atoms with Crippen molar-refractivity contribution in [2.24, 2.45) is 0 Å². The van der Waals surface area contributed by atoms with E-state index in [9.17, 15) is 22.4 Å². The Morgan fingerprint density at radius 3 is 2.26 bits per heavy atom. The van der Waals surface area contributed by atoms with Crippen molar-refractivity contribution >= 4 is 11.9 Å². The lowest BCUT2D eigenvalue weighted by Gasteiger charge is -2.51. The van der Waals surface area contributed by atoms with Crippen molar-refractivity contribution in [3.8, 4) is 0 Å². The molecule has 0 radical (unpaired) electrons. The molecule has 1 amide bonds. The molecule has 1 spiro atoms. The number of morpholine rings is 1. The number of benzene rings is 1. The van der Waals surface area contributed by atoms with E-state index in [0.29, 0.717) is 32.0 Å². The molecule has 0 atom stereocenters. The highest BCUT2D eigenvalue weighted by Crippen LogP contribution is 2.33. The van der Waals surface area contributed by atoms with Gasteiger partial charge in [-0.3, -0.25) is 14.7 Å². The molecule has 1 aromatic heterocycles. The minimum atomic E-state index is -5.08. The Bertz CT molecular complexity index is 962. The smallest absolute Gasteiger partial charge is 0.475 e. The normalized spacial score (nSPS) is 18.2. The molecule has 1 aromatic carbocycles. The van der Waals surface area contributed by atoms with Crippen LogP contribution < -0.4 is 0 Å². The Morgan fingerprint density at radius 2 is 1.71 bits per heavy atom. The fourth-order valence-corrected chi connectivity index (χ4v) is 4.06. The minimum Gasteiger partial charge on any atom is -0.475 e. The van der Waals surface area contributed by atoms with Gasteiger partial charge in [0.05, 0.1) is 13.2 Å². The van der Waals surface area contributed by atoms with Gasteiger partial charge in [0.2, 0.25) is 0 Å². The molecular formula is C23H25F4N3O4. The number of carboxylic acid groups (broad SMARTS) is 1. The van der Waals surface area contributed by atoms with Crippen LogP contribution in [0.4, 0.5) is 17.6 Å². The van der Waals surface area contributed by atoms with Crippen LogP contribution in [0.25, 0.3) is 0 Å². The number of hydrogen-bond acceptors (Lipinski definition) is 5. The molecule has 2 saturated heterocycles. The van der Waals surface area contributed by atoms with Crippen LogP contribution in [0.15, 0.2) is 48.7 Å². The molecule has 7 nitrogen and oxygen atoms in total. The maximum Gasteiger partial charge on any atom is 0.490 e. The summed E-state index contributed by atoms with van der Waals surface area (Å²) in [6.45, 7) is 4.40. The lowest BCUT2D eigenvalue weighted by Crippen LogP contribution is -2.61. The zero-order valence-electron chi connectivity index (χ0n) is 18.3. The topological polar surface area (TPSA) is 83.0 Å². The molecule has 0 bridgehead atoms. The summed E-state index contributed by atoms with van der Waals surface area (Å²) in [7, 11) is 0. The summed E-state index contributed by atoms with van der Waals surface area (Å²) in [4.78, 5) is 30.1. The van der Waals surface area contributed by atoms with Gasteiger partial charge in [-0.15, -0.1) is 0 Å². The standard InChI is InChI=1S/C21H24FN3O2.C2HF3O2/c22-18-6-4-17(5-7-18)15-25-13-14-27-16-21(25)8-11-24(12-9-21)20(26)19-3-1-2-10-23-19;3-2(4,5)1(6)7/h1-7,10H,8-9,11-16H2;(H,6,7). The maximum absolute atomic E-state index is 13.2. The highest BCUT2D eigenvalue weighted by molar-refractivity contribution is 5.92. The van der Waals surface area contributed by atoms with Crippen LogP contribution >= 0.6 is 0 Å². The van der Waals surface area contributed by atoms with E-state index in [2.05, 4.69) is 9.88 Å². The van der Waals surface area contributed by atoms with E-state index in [4.69, 9.17) is 14.6 Å². The fourth-order valence-electron chi connectivity index (χ4n) is 4.06. The second kappa shape index (κ2) is 10.9. The van der Waals surface area contributed by atoms with Gasteiger partial charge in [0.15, 0.2) is 0 Å². The lowest BCUT2D eigenvalue weighted by atomic mass is 9.84. The fraction of sp³-hybridized carbons (Fsp3) is 0.435. The Labute approximate surface area is 193 Å². The molecule has 4 rings (SSSR count). The summed E-state index contributed by atoms with van der Waals surface area (Å²) in [6.07, 6.45) is -1.70. The Hall–Kier alpha value is -3.05. The number of rotatable bonds is 3. The van der Waals surface area contributed by atoms with Crippen molar-refractivity contribution < 1.29 is 37.0 Å². The van der Waals surface area contributed by atoms with E-state index in [0.717, 1.165) is 31.5 Å². The maximum atomic E-state index is 13.2. The van der Waals surface area contributed by atoms with Crippen molar-refractivity contribution in [1.82, 2.24) is 14.8 Å². The first-order valence-electron chi connectivity index (χ1n) is 10.7. The number of hydrogen-bond donors (Lipinski definition) is 1. The highest BCUT2D eigenvalue weighted by atomic mass is 19.4.